The number of carbonyl (C=O) groups is 3. The van der Waals surface area contributed by atoms with Gasteiger partial charge in [-0.25, -0.2) is 4.79 Å². The predicted octanol–water partition coefficient (Wildman–Crippen LogP) is 4.86. The molecule has 8 heteroatoms. The van der Waals surface area contributed by atoms with E-state index < -0.39 is 23.7 Å². The summed E-state index contributed by atoms with van der Waals surface area (Å²) in [6.07, 6.45) is -0.0190. The van der Waals surface area contributed by atoms with Crippen LogP contribution in [0.25, 0.3) is 5.76 Å². The highest BCUT2D eigenvalue weighted by molar-refractivity contribution is 6.46. The Balaban J connectivity index is 1.78. The molecular formula is C30H30N2O6. The summed E-state index contributed by atoms with van der Waals surface area (Å²) in [6, 6.07) is 19.4. The number of aliphatic hydroxyl groups excluding tert-OH is 1. The summed E-state index contributed by atoms with van der Waals surface area (Å²) in [6.45, 7) is 3.88. The summed E-state index contributed by atoms with van der Waals surface area (Å²) < 4.78 is 5.67. The lowest BCUT2D eigenvalue weighted by Gasteiger charge is -2.26. The van der Waals surface area contributed by atoms with Gasteiger partial charge in [0.2, 0.25) is 0 Å². The molecule has 1 atom stereocenters. The molecule has 0 aromatic heterocycles. The van der Waals surface area contributed by atoms with E-state index in [1.807, 2.05) is 57.1 Å². The number of nitrogens with zero attached hydrogens (tertiary/aromatic N) is 2. The molecule has 0 radical (unpaired) electrons. The van der Waals surface area contributed by atoms with Crippen molar-refractivity contribution in [1.82, 2.24) is 4.90 Å². The third-order valence-corrected chi connectivity index (χ3v) is 6.32. The van der Waals surface area contributed by atoms with E-state index in [0.29, 0.717) is 22.4 Å². The van der Waals surface area contributed by atoms with E-state index >= 15 is 0 Å². The number of likely N-dealkylation sites (tertiary alicyclic amines) is 1. The fraction of sp³-hybridized carbons (Fsp3) is 0.233. The molecule has 1 heterocycles. The van der Waals surface area contributed by atoms with Gasteiger partial charge in [-0.05, 0) is 73.5 Å². The van der Waals surface area contributed by atoms with Gasteiger partial charge in [0.15, 0.2) is 0 Å². The number of ketones is 1. The van der Waals surface area contributed by atoms with Crippen molar-refractivity contribution in [2.45, 2.75) is 32.5 Å². The predicted molar refractivity (Wildman–Crippen MR) is 144 cm³/mol. The van der Waals surface area contributed by atoms with Crippen LogP contribution in [0.3, 0.4) is 0 Å². The molecule has 0 aliphatic carbocycles. The highest BCUT2D eigenvalue weighted by Crippen LogP contribution is 2.41. The highest BCUT2D eigenvalue weighted by Gasteiger charge is 2.46. The minimum Gasteiger partial charge on any atom is -0.507 e. The summed E-state index contributed by atoms with van der Waals surface area (Å²) in [4.78, 5) is 41.2. The molecule has 1 aliphatic heterocycles. The highest BCUT2D eigenvalue weighted by atomic mass is 16.5. The van der Waals surface area contributed by atoms with Crippen molar-refractivity contribution >= 4 is 29.1 Å². The van der Waals surface area contributed by atoms with Crippen LogP contribution in [0.2, 0.25) is 0 Å². The largest absolute Gasteiger partial charge is 0.507 e. The Morgan fingerprint density at radius 3 is 2.00 bits per heavy atom. The van der Waals surface area contributed by atoms with Crippen LogP contribution < -0.4 is 9.64 Å². The first-order valence-electron chi connectivity index (χ1n) is 12.2. The number of carbonyl (C=O) groups excluding carboxylic acids is 2. The summed E-state index contributed by atoms with van der Waals surface area (Å²) in [5, 5.41) is 20.5. The fourth-order valence-corrected chi connectivity index (χ4v) is 4.41. The number of Topliss-reactive ketones (excluding diaryl/α,β-unsaturated/α-hetero) is 1. The van der Waals surface area contributed by atoms with Crippen LogP contribution in [-0.2, 0) is 16.1 Å². The number of carboxylic acids is 1. The lowest BCUT2D eigenvalue weighted by molar-refractivity contribution is -0.140. The molecule has 4 rings (SSSR count). The minimum atomic E-state index is -1.05. The molecule has 1 fully saturated rings. The van der Waals surface area contributed by atoms with E-state index in [2.05, 4.69) is 0 Å². The smallest absolute Gasteiger partial charge is 0.335 e. The molecule has 0 bridgehead atoms. The van der Waals surface area contributed by atoms with Gasteiger partial charge < -0.3 is 24.7 Å². The SMILES string of the molecule is CC(C)Oc1ccc(/C(O)=C2\C(=O)C(=O)N(Cc3ccc(C(=O)O)cc3)C2c2ccc(N(C)C)cc2)cc1. The molecule has 1 unspecified atom stereocenters. The monoisotopic (exact) mass is 514 g/mol. The quantitative estimate of drug-likeness (QED) is 0.251. The van der Waals surface area contributed by atoms with Crippen molar-refractivity contribution in [2.75, 3.05) is 19.0 Å². The molecule has 0 saturated carbocycles. The number of ether oxygens (including phenoxy) is 1. The van der Waals surface area contributed by atoms with Crippen LogP contribution in [0.1, 0.15) is 46.9 Å². The third-order valence-electron chi connectivity index (χ3n) is 6.32. The Hall–Kier alpha value is -4.59. The normalized spacial score (nSPS) is 16.7. The van der Waals surface area contributed by atoms with E-state index in [1.54, 1.807) is 36.4 Å². The van der Waals surface area contributed by atoms with Gasteiger partial charge >= 0.3 is 5.97 Å². The zero-order valence-corrected chi connectivity index (χ0v) is 21.7. The van der Waals surface area contributed by atoms with Crippen LogP contribution >= 0.6 is 0 Å². The minimum absolute atomic E-state index is 0.00714. The Morgan fingerprint density at radius 1 is 0.895 bits per heavy atom. The van der Waals surface area contributed by atoms with Crippen LogP contribution in [0.5, 0.6) is 5.75 Å². The van der Waals surface area contributed by atoms with Crippen LogP contribution in [0.15, 0.2) is 78.4 Å². The van der Waals surface area contributed by atoms with Gasteiger partial charge in [0, 0.05) is 31.9 Å². The second-order valence-corrected chi connectivity index (χ2v) is 9.61. The number of hydrogen-bond acceptors (Lipinski definition) is 6. The maximum Gasteiger partial charge on any atom is 0.335 e. The molecule has 1 aliphatic rings. The Kier molecular flexibility index (Phi) is 7.52. The molecule has 3 aromatic rings. The molecule has 1 saturated heterocycles. The molecule has 38 heavy (non-hydrogen) atoms. The summed E-state index contributed by atoms with van der Waals surface area (Å²) in [5.41, 5.74) is 2.76. The van der Waals surface area contributed by atoms with Gasteiger partial charge in [-0.2, -0.15) is 0 Å². The van der Waals surface area contributed by atoms with E-state index in [1.165, 1.54) is 17.0 Å². The molecule has 2 N–H and O–H groups in total. The van der Waals surface area contributed by atoms with Gasteiger partial charge in [0.25, 0.3) is 11.7 Å². The molecular weight excluding hydrogens is 484 g/mol. The summed E-state index contributed by atoms with van der Waals surface area (Å²) in [7, 11) is 3.82. The standard InChI is InChI=1S/C30H30N2O6/c1-18(2)38-24-15-11-21(12-16-24)27(33)25-26(20-9-13-23(14-10-20)31(3)4)32(29(35)28(25)34)17-19-5-7-22(8-6-19)30(36)37/h5-16,18,26,33H,17H2,1-4H3,(H,36,37)/b27-25+. The first kappa shape index (κ1) is 26.5. The zero-order chi connectivity index (χ0) is 27.6. The van der Waals surface area contributed by atoms with Crippen LogP contribution in [0, 0.1) is 0 Å². The Morgan fingerprint density at radius 2 is 1.47 bits per heavy atom. The number of rotatable bonds is 8. The van der Waals surface area contributed by atoms with Crippen molar-refractivity contribution in [2.24, 2.45) is 0 Å². The van der Waals surface area contributed by atoms with Crippen molar-refractivity contribution in [3.63, 3.8) is 0 Å². The maximum atomic E-state index is 13.3. The number of amides is 1. The first-order valence-corrected chi connectivity index (χ1v) is 12.2. The zero-order valence-electron chi connectivity index (χ0n) is 21.7. The Bertz CT molecular complexity index is 1370. The van der Waals surface area contributed by atoms with Gasteiger partial charge in [0.1, 0.15) is 11.5 Å². The summed E-state index contributed by atoms with van der Waals surface area (Å²) >= 11 is 0. The number of hydrogen-bond donors (Lipinski definition) is 2. The van der Waals surface area contributed by atoms with Gasteiger partial charge in [0.05, 0.1) is 23.3 Å². The van der Waals surface area contributed by atoms with Crippen LogP contribution in [0.4, 0.5) is 5.69 Å². The molecule has 8 nitrogen and oxygen atoms in total. The van der Waals surface area contributed by atoms with Crippen molar-refractivity contribution < 1.29 is 29.3 Å². The lowest BCUT2D eigenvalue weighted by Crippen LogP contribution is -2.29. The van der Waals surface area contributed by atoms with Crippen molar-refractivity contribution in [1.29, 1.82) is 0 Å². The summed E-state index contributed by atoms with van der Waals surface area (Å²) in [5.74, 6) is -2.23. The van der Waals surface area contributed by atoms with E-state index in [0.717, 1.165) is 5.69 Å². The second-order valence-electron chi connectivity index (χ2n) is 9.61. The average molecular weight is 515 g/mol. The molecule has 1 amide bonds. The van der Waals surface area contributed by atoms with E-state index in [9.17, 15) is 24.6 Å². The number of anilines is 1. The van der Waals surface area contributed by atoms with Gasteiger partial charge in [-0.1, -0.05) is 24.3 Å². The first-order chi connectivity index (χ1) is 18.1. The fourth-order valence-electron chi connectivity index (χ4n) is 4.41. The number of carboxylic acid groups (broad SMARTS) is 1. The van der Waals surface area contributed by atoms with Gasteiger partial charge in [-0.3, -0.25) is 9.59 Å². The lowest BCUT2D eigenvalue weighted by atomic mass is 9.95. The molecule has 196 valence electrons. The molecule has 3 aromatic carbocycles. The number of aliphatic hydroxyl groups is 1. The van der Waals surface area contributed by atoms with Crippen molar-refractivity contribution in [3.05, 3.63) is 101 Å². The van der Waals surface area contributed by atoms with Crippen molar-refractivity contribution in [3.8, 4) is 5.75 Å². The second kappa shape index (κ2) is 10.8. The van der Waals surface area contributed by atoms with Gasteiger partial charge in [-0.15, -0.1) is 0 Å². The number of aromatic carboxylic acids is 1. The topological polar surface area (TPSA) is 107 Å². The molecule has 0 spiro atoms. The number of benzene rings is 3. The van der Waals surface area contributed by atoms with Crippen LogP contribution in [-0.4, -0.2) is 53.0 Å². The average Bonchev–Trinajstić information content (AvgIpc) is 3.13. The maximum absolute atomic E-state index is 13.3. The third kappa shape index (κ3) is 5.39. The van der Waals surface area contributed by atoms with E-state index in [4.69, 9.17) is 4.74 Å². The Labute approximate surface area is 221 Å². The van der Waals surface area contributed by atoms with E-state index in [-0.39, 0.29) is 29.5 Å².